The first-order chi connectivity index (χ1) is 12.7. The quantitative estimate of drug-likeness (QED) is 0.716. The Kier molecular flexibility index (Phi) is 4.68. The van der Waals surface area contributed by atoms with E-state index in [1.165, 1.54) is 0 Å². The van der Waals surface area contributed by atoms with Crippen molar-refractivity contribution in [1.29, 1.82) is 0 Å². The van der Waals surface area contributed by atoms with Crippen LogP contribution in [0.5, 0.6) is 11.5 Å². The number of rotatable bonds is 6. The Bertz CT molecular complexity index is 899. The fourth-order valence-electron chi connectivity index (χ4n) is 2.64. The van der Waals surface area contributed by atoms with Crippen molar-refractivity contribution in [3.05, 3.63) is 36.0 Å². The Balaban J connectivity index is 1.69. The molecule has 134 valence electrons. The van der Waals surface area contributed by atoms with Crippen molar-refractivity contribution in [3.8, 4) is 33.3 Å². The number of thiazole rings is 1. The van der Waals surface area contributed by atoms with Gasteiger partial charge in [0.25, 0.3) is 0 Å². The lowest BCUT2D eigenvalue weighted by Crippen LogP contribution is -2.21. The van der Waals surface area contributed by atoms with E-state index in [1.54, 1.807) is 17.5 Å². The predicted molar refractivity (Wildman–Crippen MR) is 102 cm³/mol. The maximum Gasteiger partial charge on any atom is 0.231 e. The van der Waals surface area contributed by atoms with Crippen LogP contribution in [0.25, 0.3) is 21.8 Å². The third-order valence-corrected chi connectivity index (χ3v) is 4.73. The third-order valence-electron chi connectivity index (χ3n) is 3.95. The standard InChI is InChI=1S/C18H19N5O2S/c1-23(2)7-5-20-18-21-10-13(16(22-18)17-19-6-8-26-17)12-3-4-14-15(9-12)25-11-24-14/h3-4,6,8-10H,5,7,11H2,1-2H3,(H,20,21,22). The van der Waals surface area contributed by atoms with Gasteiger partial charge in [-0.25, -0.2) is 15.0 Å². The van der Waals surface area contributed by atoms with Crippen LogP contribution in [0.4, 0.5) is 5.95 Å². The Morgan fingerprint density at radius 2 is 2.08 bits per heavy atom. The highest BCUT2D eigenvalue weighted by Crippen LogP contribution is 2.38. The molecule has 0 bridgehead atoms. The highest BCUT2D eigenvalue weighted by atomic mass is 32.1. The van der Waals surface area contributed by atoms with Crippen LogP contribution in [0.1, 0.15) is 0 Å². The maximum absolute atomic E-state index is 5.50. The molecule has 0 aliphatic carbocycles. The molecule has 1 aromatic carbocycles. The van der Waals surface area contributed by atoms with Gasteiger partial charge in [-0.15, -0.1) is 11.3 Å². The summed E-state index contributed by atoms with van der Waals surface area (Å²) in [4.78, 5) is 15.7. The molecule has 0 radical (unpaired) electrons. The number of benzene rings is 1. The molecule has 8 heteroatoms. The Hall–Kier alpha value is -2.71. The second-order valence-electron chi connectivity index (χ2n) is 6.09. The van der Waals surface area contributed by atoms with Crippen molar-refractivity contribution in [2.45, 2.75) is 0 Å². The van der Waals surface area contributed by atoms with Crippen LogP contribution in [0, 0.1) is 0 Å². The minimum Gasteiger partial charge on any atom is -0.454 e. The van der Waals surface area contributed by atoms with Crippen LogP contribution < -0.4 is 14.8 Å². The van der Waals surface area contributed by atoms with E-state index in [9.17, 15) is 0 Å². The van der Waals surface area contributed by atoms with Crippen molar-refractivity contribution < 1.29 is 9.47 Å². The molecule has 3 heterocycles. The average Bonchev–Trinajstić information content (AvgIpc) is 3.32. The summed E-state index contributed by atoms with van der Waals surface area (Å²) in [6.45, 7) is 1.93. The molecular weight excluding hydrogens is 350 g/mol. The van der Waals surface area contributed by atoms with Crippen LogP contribution in [0.15, 0.2) is 36.0 Å². The molecule has 0 unspecified atom stereocenters. The van der Waals surface area contributed by atoms with Gasteiger partial charge in [-0.3, -0.25) is 0 Å². The van der Waals surface area contributed by atoms with Gasteiger partial charge >= 0.3 is 0 Å². The predicted octanol–water partition coefficient (Wildman–Crippen LogP) is 2.97. The Labute approximate surface area is 155 Å². The average molecular weight is 369 g/mol. The summed E-state index contributed by atoms with van der Waals surface area (Å²) in [5.74, 6) is 2.09. The molecule has 0 atom stereocenters. The first kappa shape index (κ1) is 16.7. The molecule has 0 saturated carbocycles. The van der Waals surface area contributed by atoms with Crippen LogP contribution in [0.2, 0.25) is 0 Å². The van der Waals surface area contributed by atoms with E-state index in [4.69, 9.17) is 14.5 Å². The lowest BCUT2D eigenvalue weighted by molar-refractivity contribution is 0.174. The van der Waals surface area contributed by atoms with E-state index in [1.807, 2.05) is 43.9 Å². The van der Waals surface area contributed by atoms with Crippen molar-refractivity contribution in [1.82, 2.24) is 19.9 Å². The van der Waals surface area contributed by atoms with Gasteiger partial charge in [0.2, 0.25) is 12.7 Å². The number of likely N-dealkylation sites (N-methyl/N-ethyl adjacent to an activating group) is 1. The first-order valence-electron chi connectivity index (χ1n) is 8.26. The van der Waals surface area contributed by atoms with E-state index >= 15 is 0 Å². The number of nitrogens with zero attached hydrogens (tertiary/aromatic N) is 4. The molecule has 2 aromatic heterocycles. The Morgan fingerprint density at radius 3 is 2.88 bits per heavy atom. The number of anilines is 1. The summed E-state index contributed by atoms with van der Waals surface area (Å²) in [6.07, 6.45) is 3.62. The van der Waals surface area contributed by atoms with Crippen LogP contribution in [-0.2, 0) is 0 Å². The topological polar surface area (TPSA) is 72.4 Å². The number of nitrogens with one attached hydrogen (secondary N) is 1. The first-order valence-corrected chi connectivity index (χ1v) is 9.14. The highest BCUT2D eigenvalue weighted by Gasteiger charge is 2.18. The van der Waals surface area contributed by atoms with Crippen LogP contribution in [-0.4, -0.2) is 53.8 Å². The summed E-state index contributed by atoms with van der Waals surface area (Å²) in [7, 11) is 4.07. The molecule has 0 fully saturated rings. The number of ether oxygens (including phenoxy) is 2. The maximum atomic E-state index is 5.50. The lowest BCUT2D eigenvalue weighted by atomic mass is 10.1. The van der Waals surface area contributed by atoms with E-state index in [0.717, 1.165) is 46.4 Å². The second-order valence-corrected chi connectivity index (χ2v) is 6.99. The molecule has 1 aliphatic heterocycles. The summed E-state index contributed by atoms with van der Waals surface area (Å²) in [6, 6.07) is 5.85. The zero-order chi connectivity index (χ0) is 17.9. The normalized spacial score (nSPS) is 12.6. The van der Waals surface area contributed by atoms with Gasteiger partial charge in [0.15, 0.2) is 11.5 Å². The largest absolute Gasteiger partial charge is 0.454 e. The second kappa shape index (κ2) is 7.27. The fourth-order valence-corrected chi connectivity index (χ4v) is 3.28. The van der Waals surface area contributed by atoms with Crippen molar-refractivity contribution in [2.75, 3.05) is 39.3 Å². The van der Waals surface area contributed by atoms with Gasteiger partial charge in [-0.2, -0.15) is 0 Å². The minimum absolute atomic E-state index is 0.253. The molecule has 0 amide bonds. The van der Waals surface area contributed by atoms with Crippen molar-refractivity contribution >= 4 is 17.3 Å². The zero-order valence-corrected chi connectivity index (χ0v) is 15.4. The molecule has 4 rings (SSSR count). The third kappa shape index (κ3) is 3.47. The number of aromatic nitrogens is 3. The number of fused-ring (bicyclic) bond motifs is 1. The van der Waals surface area contributed by atoms with Gasteiger partial charge in [0, 0.05) is 36.4 Å². The van der Waals surface area contributed by atoms with E-state index < -0.39 is 0 Å². The fraction of sp³-hybridized carbons (Fsp3) is 0.278. The van der Waals surface area contributed by atoms with Gasteiger partial charge in [-0.1, -0.05) is 6.07 Å². The molecule has 3 aromatic rings. The van der Waals surface area contributed by atoms with Crippen molar-refractivity contribution in [2.24, 2.45) is 0 Å². The van der Waals surface area contributed by atoms with Crippen molar-refractivity contribution in [3.63, 3.8) is 0 Å². The van der Waals surface area contributed by atoms with Gasteiger partial charge in [0.1, 0.15) is 10.7 Å². The molecule has 0 saturated heterocycles. The molecular formula is C18H19N5O2S. The number of hydrogen-bond donors (Lipinski definition) is 1. The molecule has 1 aliphatic rings. The summed E-state index contributed by atoms with van der Waals surface area (Å²) in [5, 5.41) is 6.07. The van der Waals surface area contributed by atoms with E-state index in [-0.39, 0.29) is 6.79 Å². The number of hydrogen-bond acceptors (Lipinski definition) is 8. The van der Waals surface area contributed by atoms with Gasteiger partial charge < -0.3 is 19.7 Å². The monoisotopic (exact) mass is 369 g/mol. The highest BCUT2D eigenvalue weighted by molar-refractivity contribution is 7.13. The smallest absolute Gasteiger partial charge is 0.231 e. The SMILES string of the molecule is CN(C)CCNc1ncc(-c2ccc3c(c2)OCO3)c(-c2nccs2)n1. The molecule has 7 nitrogen and oxygen atoms in total. The minimum atomic E-state index is 0.253. The summed E-state index contributed by atoms with van der Waals surface area (Å²) >= 11 is 1.55. The van der Waals surface area contributed by atoms with Gasteiger partial charge in [0.05, 0.1) is 0 Å². The van der Waals surface area contributed by atoms with Crippen LogP contribution in [0.3, 0.4) is 0 Å². The van der Waals surface area contributed by atoms with Crippen LogP contribution >= 0.6 is 11.3 Å². The van der Waals surface area contributed by atoms with E-state index in [2.05, 4.69) is 20.2 Å². The van der Waals surface area contributed by atoms with E-state index in [0.29, 0.717) is 5.95 Å². The summed E-state index contributed by atoms with van der Waals surface area (Å²) in [5.41, 5.74) is 2.69. The summed E-state index contributed by atoms with van der Waals surface area (Å²) < 4.78 is 10.9. The molecule has 0 spiro atoms. The molecule has 26 heavy (non-hydrogen) atoms. The molecule has 1 N–H and O–H groups in total. The lowest BCUT2D eigenvalue weighted by Gasteiger charge is -2.12. The van der Waals surface area contributed by atoms with Gasteiger partial charge in [-0.05, 0) is 31.8 Å². The zero-order valence-electron chi connectivity index (χ0n) is 14.6. The Morgan fingerprint density at radius 1 is 1.19 bits per heavy atom.